The Kier molecular flexibility index (Phi) is 6.83. The zero-order valence-electron chi connectivity index (χ0n) is 23.7. The third kappa shape index (κ3) is 5.20. The maximum absolute atomic E-state index is 13.7. The molecule has 0 fully saturated rings. The number of carbonyl (C=O) groups excluding carboxylic acids is 2. The van der Waals surface area contributed by atoms with Crippen molar-refractivity contribution in [3.8, 4) is 0 Å². The van der Waals surface area contributed by atoms with E-state index in [0.29, 0.717) is 18.7 Å². The molecule has 0 saturated heterocycles. The van der Waals surface area contributed by atoms with Crippen LogP contribution in [0.15, 0.2) is 71.5 Å². The van der Waals surface area contributed by atoms with Crippen LogP contribution in [-0.4, -0.2) is 26.1 Å². The van der Waals surface area contributed by atoms with E-state index in [4.69, 9.17) is 4.42 Å². The summed E-state index contributed by atoms with van der Waals surface area (Å²) in [5.41, 5.74) is 6.05. The first-order chi connectivity index (χ1) is 18.5. The summed E-state index contributed by atoms with van der Waals surface area (Å²) in [5.74, 6) is -0.151. The molecular formula is C33H37N3O3. The van der Waals surface area contributed by atoms with Crippen LogP contribution in [0.5, 0.6) is 0 Å². The highest BCUT2D eigenvalue weighted by Gasteiger charge is 2.38. The summed E-state index contributed by atoms with van der Waals surface area (Å²) in [6.45, 7) is 11.8. The van der Waals surface area contributed by atoms with E-state index in [1.165, 1.54) is 11.1 Å². The first-order valence-corrected chi connectivity index (χ1v) is 13.5. The molecule has 0 saturated carbocycles. The summed E-state index contributed by atoms with van der Waals surface area (Å²) < 4.78 is 7.95. The molecule has 0 unspecified atom stereocenters. The molecule has 0 radical (unpaired) electrons. The highest BCUT2D eigenvalue weighted by molar-refractivity contribution is 6.09. The summed E-state index contributed by atoms with van der Waals surface area (Å²) in [4.78, 5) is 33.3. The van der Waals surface area contributed by atoms with Gasteiger partial charge < -0.3 is 13.9 Å². The molecular weight excluding hydrogens is 486 g/mol. The van der Waals surface area contributed by atoms with Gasteiger partial charge in [-0.1, -0.05) is 39.8 Å². The van der Waals surface area contributed by atoms with Crippen LogP contribution >= 0.6 is 0 Å². The largest absolute Gasteiger partial charge is 0.447 e. The molecule has 1 amide bonds. The van der Waals surface area contributed by atoms with Crippen molar-refractivity contribution < 1.29 is 14.0 Å². The zero-order valence-corrected chi connectivity index (χ0v) is 23.7. The quantitative estimate of drug-likeness (QED) is 0.252. The number of pyridine rings is 1. The van der Waals surface area contributed by atoms with Crippen molar-refractivity contribution in [1.29, 1.82) is 0 Å². The monoisotopic (exact) mass is 523 g/mol. The zero-order chi connectivity index (χ0) is 27.9. The lowest BCUT2D eigenvalue weighted by Gasteiger charge is -2.42. The smallest absolute Gasteiger partial charge is 0.290 e. The first-order valence-electron chi connectivity index (χ1n) is 13.5. The third-order valence-electron chi connectivity index (χ3n) is 8.27. The Balaban J connectivity index is 1.45. The standard InChI is InChI=1S/C33H37N3O3/c1-22-17-26-27(33(4,5)14-13-32(26,2)3)18-25(22)30(37)28-11-12-29(39-28)31(38)36(20-23-9-7-15-34-19-23)21-24-10-8-16-35(24)6/h7-12,15-19H,13-14,20-21H2,1-6H3. The van der Waals surface area contributed by atoms with Gasteiger partial charge in [-0.3, -0.25) is 14.6 Å². The third-order valence-corrected chi connectivity index (χ3v) is 8.27. The van der Waals surface area contributed by atoms with Crippen molar-refractivity contribution >= 4 is 11.7 Å². The Hall–Kier alpha value is -3.93. The van der Waals surface area contributed by atoms with E-state index in [1.807, 2.05) is 49.0 Å². The van der Waals surface area contributed by atoms with Crippen LogP contribution in [0, 0.1) is 6.92 Å². The molecule has 1 aliphatic carbocycles. The minimum atomic E-state index is -0.274. The van der Waals surface area contributed by atoms with Gasteiger partial charge in [0.25, 0.3) is 5.91 Å². The van der Waals surface area contributed by atoms with Crippen molar-refractivity contribution in [3.05, 3.63) is 112 Å². The second-order valence-electron chi connectivity index (χ2n) is 12.1. The maximum Gasteiger partial charge on any atom is 0.290 e. The molecule has 0 spiro atoms. The van der Waals surface area contributed by atoms with Crippen molar-refractivity contribution in [2.24, 2.45) is 7.05 Å². The molecule has 3 heterocycles. The molecule has 6 heteroatoms. The Morgan fingerprint density at radius 3 is 2.28 bits per heavy atom. The van der Waals surface area contributed by atoms with Crippen molar-refractivity contribution in [1.82, 2.24) is 14.5 Å². The van der Waals surface area contributed by atoms with Gasteiger partial charge in [0, 0.05) is 43.4 Å². The topological polar surface area (TPSA) is 68.3 Å². The maximum atomic E-state index is 13.7. The fourth-order valence-corrected chi connectivity index (χ4v) is 5.60. The summed E-state index contributed by atoms with van der Waals surface area (Å²) in [7, 11) is 1.95. The number of amides is 1. The van der Waals surface area contributed by atoms with E-state index >= 15 is 0 Å². The van der Waals surface area contributed by atoms with E-state index in [9.17, 15) is 9.59 Å². The van der Waals surface area contributed by atoms with Crippen LogP contribution in [0.1, 0.15) is 95.2 Å². The molecule has 1 aromatic carbocycles. The Labute approximate surface area is 230 Å². The van der Waals surface area contributed by atoms with Crippen LogP contribution in [-0.2, 0) is 31.0 Å². The van der Waals surface area contributed by atoms with Crippen LogP contribution in [0.3, 0.4) is 0 Å². The van der Waals surface area contributed by atoms with Crippen LogP contribution in [0.2, 0.25) is 0 Å². The second-order valence-corrected chi connectivity index (χ2v) is 12.1. The Morgan fingerprint density at radius 2 is 1.64 bits per heavy atom. The number of carbonyl (C=O) groups is 2. The van der Waals surface area contributed by atoms with Crippen LogP contribution in [0.4, 0.5) is 0 Å². The van der Waals surface area contributed by atoms with Crippen molar-refractivity contribution in [2.45, 2.75) is 71.4 Å². The number of hydrogen-bond donors (Lipinski definition) is 0. The highest BCUT2D eigenvalue weighted by atomic mass is 16.4. The number of furan rings is 1. The number of aromatic nitrogens is 2. The lowest BCUT2D eigenvalue weighted by atomic mass is 9.62. The number of fused-ring (bicyclic) bond motifs is 1. The fraction of sp³-hybridized carbons (Fsp3) is 0.364. The predicted octanol–water partition coefficient (Wildman–Crippen LogP) is 6.74. The Morgan fingerprint density at radius 1 is 0.949 bits per heavy atom. The van der Waals surface area contributed by atoms with Gasteiger partial charge in [-0.2, -0.15) is 0 Å². The van der Waals surface area contributed by atoms with Gasteiger partial charge in [-0.25, -0.2) is 0 Å². The molecule has 0 bridgehead atoms. The van der Waals surface area contributed by atoms with Crippen LogP contribution < -0.4 is 0 Å². The van der Waals surface area contributed by atoms with E-state index in [2.05, 4.69) is 44.8 Å². The molecule has 6 nitrogen and oxygen atoms in total. The van der Waals surface area contributed by atoms with E-state index < -0.39 is 0 Å². The van der Waals surface area contributed by atoms with Gasteiger partial charge in [0.05, 0.1) is 6.54 Å². The van der Waals surface area contributed by atoms with E-state index in [-0.39, 0.29) is 34.0 Å². The minimum absolute atomic E-state index is 0.0123. The summed E-state index contributed by atoms with van der Waals surface area (Å²) in [6.07, 6.45) is 7.60. The van der Waals surface area contributed by atoms with Crippen LogP contribution in [0.25, 0.3) is 0 Å². The molecule has 0 atom stereocenters. The second kappa shape index (κ2) is 9.99. The van der Waals surface area contributed by atoms with Gasteiger partial charge in [0.15, 0.2) is 11.5 Å². The number of nitrogens with zero attached hydrogens (tertiary/aromatic N) is 3. The average molecular weight is 524 g/mol. The van der Waals surface area contributed by atoms with Gasteiger partial charge in [-0.05, 0) is 89.2 Å². The molecule has 0 aliphatic heterocycles. The fourth-order valence-electron chi connectivity index (χ4n) is 5.60. The normalized spacial score (nSPS) is 15.5. The van der Waals surface area contributed by atoms with E-state index in [0.717, 1.165) is 29.7 Å². The molecule has 0 N–H and O–H groups in total. The number of benzene rings is 1. The molecule has 202 valence electrons. The SMILES string of the molecule is Cc1cc2c(cc1C(=O)c1ccc(C(=O)N(Cc3cccnc3)Cc3cccn3C)o1)C(C)(C)CCC2(C)C. The van der Waals surface area contributed by atoms with Gasteiger partial charge in [-0.15, -0.1) is 0 Å². The molecule has 3 aromatic heterocycles. The Bertz CT molecular complexity index is 1520. The van der Waals surface area contributed by atoms with Gasteiger partial charge >= 0.3 is 0 Å². The summed E-state index contributed by atoms with van der Waals surface area (Å²) in [5, 5.41) is 0. The number of ketones is 1. The molecule has 4 aromatic rings. The summed E-state index contributed by atoms with van der Waals surface area (Å²) in [6, 6.07) is 15.2. The first kappa shape index (κ1) is 26.7. The molecule has 5 rings (SSSR count). The number of hydrogen-bond acceptors (Lipinski definition) is 4. The van der Waals surface area contributed by atoms with Crippen molar-refractivity contribution in [3.63, 3.8) is 0 Å². The number of aryl methyl sites for hydroxylation is 2. The van der Waals surface area contributed by atoms with Gasteiger partial charge in [0.1, 0.15) is 0 Å². The van der Waals surface area contributed by atoms with Crippen molar-refractivity contribution in [2.75, 3.05) is 0 Å². The van der Waals surface area contributed by atoms with E-state index in [1.54, 1.807) is 29.4 Å². The predicted molar refractivity (Wildman–Crippen MR) is 152 cm³/mol. The highest BCUT2D eigenvalue weighted by Crippen LogP contribution is 2.46. The lowest BCUT2D eigenvalue weighted by Crippen LogP contribution is -2.34. The molecule has 39 heavy (non-hydrogen) atoms. The average Bonchev–Trinajstić information content (AvgIpc) is 3.55. The lowest BCUT2D eigenvalue weighted by molar-refractivity contribution is 0.0691. The number of rotatable bonds is 7. The van der Waals surface area contributed by atoms with Gasteiger partial charge in [0.2, 0.25) is 5.78 Å². The summed E-state index contributed by atoms with van der Waals surface area (Å²) >= 11 is 0. The minimum Gasteiger partial charge on any atom is -0.447 e. The molecule has 1 aliphatic rings.